The predicted molar refractivity (Wildman–Crippen MR) is 137 cm³/mol. The minimum atomic E-state index is -4.55. The van der Waals surface area contributed by atoms with Crippen LogP contribution in [-0.2, 0) is 23.9 Å². The second kappa shape index (κ2) is 13.5. The second-order valence-electron chi connectivity index (χ2n) is 8.70. The van der Waals surface area contributed by atoms with Gasteiger partial charge in [-0.1, -0.05) is 18.2 Å². The second-order valence-corrected chi connectivity index (χ2v) is 8.70. The van der Waals surface area contributed by atoms with Gasteiger partial charge in [-0.05, 0) is 67.3 Å². The first-order valence-corrected chi connectivity index (χ1v) is 12.1. The van der Waals surface area contributed by atoms with Crippen LogP contribution in [0.25, 0.3) is 5.69 Å². The lowest BCUT2D eigenvalue weighted by molar-refractivity contribution is -0.138. The molecule has 0 unspecified atom stereocenters. The predicted octanol–water partition coefficient (Wildman–Crippen LogP) is 3.88. The number of hydrogen-bond acceptors (Lipinski definition) is 5. The average Bonchev–Trinajstić information content (AvgIpc) is 3.44. The molecule has 9 nitrogen and oxygen atoms in total. The summed E-state index contributed by atoms with van der Waals surface area (Å²) in [5, 5.41) is 17.0. The van der Waals surface area contributed by atoms with Gasteiger partial charge in [0.25, 0.3) is 6.47 Å². The van der Waals surface area contributed by atoms with Crippen molar-refractivity contribution in [3.63, 3.8) is 0 Å². The number of carbonyl (C=O) groups excluding carboxylic acids is 1. The van der Waals surface area contributed by atoms with Crippen molar-refractivity contribution >= 4 is 18.2 Å². The molecule has 2 aromatic carbocycles. The number of nitrogens with two attached hydrogens (primary N) is 1. The molecule has 0 saturated carbocycles. The molecule has 3 aromatic rings. The number of carbonyl (C=O) groups is 2. The Hall–Kier alpha value is -4.06. The van der Waals surface area contributed by atoms with Crippen LogP contribution in [0, 0.1) is 0 Å². The zero-order valence-electron chi connectivity index (χ0n) is 20.7. The summed E-state index contributed by atoms with van der Waals surface area (Å²) in [5.74, 6) is 0. The topological polar surface area (TPSA) is 126 Å². The van der Waals surface area contributed by atoms with Crippen molar-refractivity contribution in [2.45, 2.75) is 38.0 Å². The number of anilines is 1. The lowest BCUT2D eigenvalue weighted by atomic mass is 10.0. The Morgan fingerprint density at radius 2 is 1.84 bits per heavy atom. The first kappa shape index (κ1) is 28.5. The third-order valence-electron chi connectivity index (χ3n) is 6.14. The number of hydrogen-bond donors (Lipinski definition) is 4. The number of benzene rings is 2. The number of aromatic nitrogens is 2. The normalized spacial score (nSPS) is 13.8. The number of halogens is 3. The Morgan fingerprint density at radius 3 is 2.42 bits per heavy atom. The van der Waals surface area contributed by atoms with Gasteiger partial charge < -0.3 is 26.4 Å². The number of rotatable bonds is 7. The first-order chi connectivity index (χ1) is 18.2. The van der Waals surface area contributed by atoms with Gasteiger partial charge in [0, 0.05) is 43.8 Å². The van der Waals surface area contributed by atoms with E-state index in [-0.39, 0.29) is 30.7 Å². The summed E-state index contributed by atoms with van der Waals surface area (Å²) >= 11 is 0. The zero-order valence-corrected chi connectivity index (χ0v) is 20.7. The van der Waals surface area contributed by atoms with Crippen LogP contribution in [0.5, 0.6) is 0 Å². The molecule has 38 heavy (non-hydrogen) atoms. The molecule has 1 fully saturated rings. The fraction of sp³-hybridized carbons (Fsp3) is 0.346. The van der Waals surface area contributed by atoms with E-state index in [1.54, 1.807) is 23.2 Å². The summed E-state index contributed by atoms with van der Waals surface area (Å²) in [6, 6.07) is 13.7. The van der Waals surface area contributed by atoms with Gasteiger partial charge in [0.05, 0.1) is 11.3 Å². The van der Waals surface area contributed by atoms with Crippen LogP contribution in [0.2, 0.25) is 0 Å². The van der Waals surface area contributed by atoms with E-state index in [0.717, 1.165) is 31.0 Å². The number of carboxylic acid groups (broad SMARTS) is 1. The average molecular weight is 533 g/mol. The number of nitrogens with one attached hydrogen (secondary N) is 2. The number of alkyl halides is 3. The monoisotopic (exact) mass is 532 g/mol. The molecule has 0 aliphatic carbocycles. The zero-order chi connectivity index (χ0) is 27.5. The van der Waals surface area contributed by atoms with Crippen LogP contribution >= 0.6 is 0 Å². The molecule has 0 atom stereocenters. The summed E-state index contributed by atoms with van der Waals surface area (Å²) in [6.07, 6.45) is 0.878. The van der Waals surface area contributed by atoms with Gasteiger partial charge in [0.2, 0.25) is 0 Å². The number of amides is 2. The van der Waals surface area contributed by atoms with Gasteiger partial charge in [-0.15, -0.1) is 0 Å². The molecule has 1 aromatic heterocycles. The Bertz CT molecular complexity index is 1160. The van der Waals surface area contributed by atoms with E-state index in [1.165, 1.54) is 22.5 Å². The van der Waals surface area contributed by atoms with Crippen molar-refractivity contribution in [1.29, 1.82) is 0 Å². The summed E-state index contributed by atoms with van der Waals surface area (Å²) in [7, 11) is 0. The maximum atomic E-state index is 13.7. The molecular formula is C26H31F3N6O3. The van der Waals surface area contributed by atoms with Gasteiger partial charge in [-0.2, -0.15) is 18.3 Å². The van der Waals surface area contributed by atoms with Crippen LogP contribution in [0.15, 0.2) is 60.9 Å². The summed E-state index contributed by atoms with van der Waals surface area (Å²) < 4.78 is 42.4. The van der Waals surface area contributed by atoms with E-state index >= 15 is 0 Å². The smallest absolute Gasteiger partial charge is 0.416 e. The third-order valence-corrected chi connectivity index (χ3v) is 6.14. The Balaban J connectivity index is 0.00000127. The van der Waals surface area contributed by atoms with Crippen molar-refractivity contribution in [2.75, 3.05) is 25.0 Å². The van der Waals surface area contributed by atoms with Crippen LogP contribution in [0.3, 0.4) is 0 Å². The molecule has 204 valence electrons. The SMILES string of the molecule is NCCc1ccc(NC2CCN(C(=O)NCc3ccc(-n4cccn4)cc3C(F)(F)F)CC2)cc1.O=CO. The lowest BCUT2D eigenvalue weighted by Crippen LogP contribution is -2.46. The molecule has 1 saturated heterocycles. The van der Waals surface area contributed by atoms with Gasteiger partial charge >= 0.3 is 12.2 Å². The van der Waals surface area contributed by atoms with Crippen molar-refractivity contribution in [1.82, 2.24) is 20.0 Å². The minimum absolute atomic E-state index is 0.0105. The van der Waals surface area contributed by atoms with Crippen LogP contribution in [-0.4, -0.2) is 58.0 Å². The largest absolute Gasteiger partial charge is 0.483 e. The molecule has 5 N–H and O–H groups in total. The standard InChI is InChI=1S/C25H29F3N6O.CH2O2/c26-25(27,28)23-16-22(34-13-1-12-31-34)7-4-19(23)17-30-24(35)33-14-9-21(10-15-33)32-20-5-2-18(3-6-20)8-11-29;2-1-3/h1-7,12-13,16,21,32H,8-11,14-15,17,29H2,(H,30,35);1H,(H,2,3). The van der Waals surface area contributed by atoms with Crippen molar-refractivity contribution in [3.8, 4) is 5.69 Å². The Labute approximate surface area is 218 Å². The summed E-state index contributed by atoms with van der Waals surface area (Å²) in [5.41, 5.74) is 7.32. The Morgan fingerprint density at radius 1 is 1.16 bits per heavy atom. The summed E-state index contributed by atoms with van der Waals surface area (Å²) in [6.45, 7) is 1.21. The highest BCUT2D eigenvalue weighted by atomic mass is 19.4. The number of likely N-dealkylation sites (tertiary alicyclic amines) is 1. The van der Waals surface area contributed by atoms with E-state index < -0.39 is 11.7 Å². The van der Waals surface area contributed by atoms with Crippen LogP contribution < -0.4 is 16.4 Å². The maximum absolute atomic E-state index is 13.7. The fourth-order valence-electron chi connectivity index (χ4n) is 4.23. The number of nitrogens with zero attached hydrogens (tertiary/aromatic N) is 3. The van der Waals surface area contributed by atoms with E-state index in [0.29, 0.717) is 25.3 Å². The highest BCUT2D eigenvalue weighted by Crippen LogP contribution is 2.33. The number of urea groups is 1. The molecule has 1 aliphatic heterocycles. The van der Waals surface area contributed by atoms with Gasteiger partial charge in [0.15, 0.2) is 0 Å². The van der Waals surface area contributed by atoms with Crippen molar-refractivity contribution in [3.05, 3.63) is 77.6 Å². The molecule has 1 aliphatic rings. The van der Waals surface area contributed by atoms with E-state index in [2.05, 4.69) is 27.9 Å². The molecule has 4 rings (SSSR count). The molecule has 2 amide bonds. The third kappa shape index (κ3) is 7.97. The summed E-state index contributed by atoms with van der Waals surface area (Å²) in [4.78, 5) is 22.6. The number of piperidine rings is 1. The highest BCUT2D eigenvalue weighted by molar-refractivity contribution is 5.74. The molecule has 0 spiro atoms. The lowest BCUT2D eigenvalue weighted by Gasteiger charge is -2.33. The van der Waals surface area contributed by atoms with E-state index in [4.69, 9.17) is 15.6 Å². The first-order valence-electron chi connectivity index (χ1n) is 12.1. The molecule has 0 radical (unpaired) electrons. The van der Waals surface area contributed by atoms with Crippen molar-refractivity contribution < 1.29 is 27.9 Å². The van der Waals surface area contributed by atoms with Crippen molar-refractivity contribution in [2.24, 2.45) is 5.73 Å². The van der Waals surface area contributed by atoms with Gasteiger partial charge in [-0.25, -0.2) is 9.48 Å². The maximum Gasteiger partial charge on any atom is 0.416 e. The van der Waals surface area contributed by atoms with Crippen LogP contribution in [0.4, 0.5) is 23.7 Å². The minimum Gasteiger partial charge on any atom is -0.483 e. The fourth-order valence-corrected chi connectivity index (χ4v) is 4.23. The highest BCUT2D eigenvalue weighted by Gasteiger charge is 2.34. The molecular weight excluding hydrogens is 501 g/mol. The van der Waals surface area contributed by atoms with Gasteiger partial charge in [-0.3, -0.25) is 4.79 Å². The Kier molecular flexibility index (Phi) is 10.1. The molecule has 0 bridgehead atoms. The van der Waals surface area contributed by atoms with Gasteiger partial charge in [0.1, 0.15) is 0 Å². The molecule has 2 heterocycles. The quantitative estimate of drug-likeness (QED) is 0.342. The van der Waals surface area contributed by atoms with E-state index in [1.807, 2.05) is 12.1 Å². The molecule has 12 heteroatoms. The van der Waals surface area contributed by atoms with Crippen LogP contribution in [0.1, 0.15) is 29.5 Å². The van der Waals surface area contributed by atoms with E-state index in [9.17, 15) is 18.0 Å².